The Kier molecular flexibility index (Phi) is 11.8. The summed E-state index contributed by atoms with van der Waals surface area (Å²) in [4.78, 5) is 23.3. The molecule has 0 radical (unpaired) electrons. The third-order valence-corrected chi connectivity index (χ3v) is 5.69. The lowest BCUT2D eigenvalue weighted by Gasteiger charge is -2.39. The Morgan fingerprint density at radius 3 is 2.54 bits per heavy atom. The van der Waals surface area contributed by atoms with Crippen molar-refractivity contribution >= 4 is 23.0 Å². The van der Waals surface area contributed by atoms with Gasteiger partial charge in [-0.1, -0.05) is 63.8 Å². The first-order chi connectivity index (χ1) is 13.3. The van der Waals surface area contributed by atoms with E-state index < -0.39 is 17.9 Å². The van der Waals surface area contributed by atoms with Gasteiger partial charge in [0.05, 0.1) is 12.6 Å². The molecule has 0 aromatic carbocycles. The Bertz CT molecular complexity index is 523. The molecule has 7 heteroatoms. The van der Waals surface area contributed by atoms with Gasteiger partial charge in [0.2, 0.25) is 0 Å². The quantitative estimate of drug-likeness (QED) is 0.447. The molecule has 0 saturated carbocycles. The molecule has 2 rings (SSSR count). The van der Waals surface area contributed by atoms with Gasteiger partial charge >= 0.3 is 5.97 Å². The molecule has 2 aliphatic heterocycles. The smallest absolute Gasteiger partial charge is 0.330 e. The number of hydrogen-bond donors (Lipinski definition) is 2. The number of nitrogens with one attached hydrogen (secondary N) is 1. The van der Waals surface area contributed by atoms with Crippen molar-refractivity contribution in [1.29, 1.82) is 0 Å². The molecule has 0 aromatic heterocycles. The fraction of sp³-hybridized carbons (Fsp3) is 0.810. The second-order valence-electron chi connectivity index (χ2n) is 7.49. The van der Waals surface area contributed by atoms with Gasteiger partial charge in [-0.15, -0.1) is 0 Å². The Balaban J connectivity index is 0.000000696. The number of unbranched alkanes of at least 4 members (excludes halogenated alkanes) is 3. The number of carbonyl (C=O) groups is 2. The van der Waals surface area contributed by atoms with Crippen LogP contribution >= 0.6 is 11.8 Å². The van der Waals surface area contributed by atoms with Crippen LogP contribution in [0.1, 0.15) is 79.1 Å². The van der Waals surface area contributed by atoms with Crippen LogP contribution in [0, 0.1) is 0 Å². The fourth-order valence-electron chi connectivity index (χ4n) is 3.11. The molecule has 3 atom stereocenters. The number of carbonyl (C=O) groups excluding carboxylic acids is 2. The number of esters is 1. The van der Waals surface area contributed by atoms with E-state index in [1.807, 2.05) is 6.92 Å². The minimum absolute atomic E-state index is 0.166. The predicted octanol–water partition coefficient (Wildman–Crippen LogP) is 4.56. The molecule has 2 fully saturated rings. The maximum absolute atomic E-state index is 12.0. The highest BCUT2D eigenvalue weighted by atomic mass is 32.2. The maximum Gasteiger partial charge on any atom is 0.330 e. The van der Waals surface area contributed by atoms with E-state index in [-0.39, 0.29) is 17.6 Å². The second kappa shape index (κ2) is 13.2. The molecule has 28 heavy (non-hydrogen) atoms. The van der Waals surface area contributed by atoms with E-state index in [2.05, 4.69) is 26.1 Å². The van der Waals surface area contributed by atoms with Gasteiger partial charge in [0.1, 0.15) is 6.10 Å². The molecule has 0 spiro atoms. The zero-order valence-electron chi connectivity index (χ0n) is 17.8. The van der Waals surface area contributed by atoms with E-state index >= 15 is 0 Å². The molecule has 2 saturated heterocycles. The summed E-state index contributed by atoms with van der Waals surface area (Å²) in [5, 5.41) is 13.1. The number of thioether (sulfide) groups is 1. The van der Waals surface area contributed by atoms with Gasteiger partial charge in [-0.05, 0) is 19.8 Å². The van der Waals surface area contributed by atoms with E-state index in [1.54, 1.807) is 0 Å². The van der Waals surface area contributed by atoms with Crippen molar-refractivity contribution in [1.82, 2.24) is 5.32 Å². The number of allylic oxidation sites excluding steroid dienone is 1. The molecular formula is C21H37NO5S. The van der Waals surface area contributed by atoms with Crippen LogP contribution in [0.15, 0.2) is 11.6 Å². The van der Waals surface area contributed by atoms with Gasteiger partial charge in [-0.25, -0.2) is 4.79 Å². The highest BCUT2D eigenvalue weighted by molar-refractivity contribution is 8.14. The summed E-state index contributed by atoms with van der Waals surface area (Å²) in [6.45, 7) is 8.74. The molecule has 0 bridgehead atoms. The largest absolute Gasteiger partial charge is 0.459 e. The van der Waals surface area contributed by atoms with Crippen molar-refractivity contribution in [3.8, 4) is 0 Å². The minimum Gasteiger partial charge on any atom is -0.459 e. The fourth-order valence-corrected chi connectivity index (χ4v) is 3.99. The standard InChI is InChI=1S/C16H25NO5S.C5H12/c1-3-4-5-11(2)8-14(18)22-12-6-7-21-16(20,9-12)13-10-23-15(19)17-13;1-3-5-4-2/h8,12-13,20H,3-7,9-10H2,1-2H3,(H,17,19);3-5H2,1-2H3/b11-8-;. The first-order valence-corrected chi connectivity index (χ1v) is 11.5. The average molecular weight is 416 g/mol. The van der Waals surface area contributed by atoms with E-state index in [0.29, 0.717) is 18.8 Å². The van der Waals surface area contributed by atoms with Gasteiger partial charge < -0.3 is 19.9 Å². The SMILES string of the molecule is CCCC/C(C)=C\C(=O)OC1CCOC(O)(C2CSC(=O)N2)C1.CCCCC. The summed E-state index contributed by atoms with van der Waals surface area (Å²) in [7, 11) is 0. The lowest BCUT2D eigenvalue weighted by Crippen LogP contribution is -2.56. The van der Waals surface area contributed by atoms with Crippen LogP contribution in [0.4, 0.5) is 4.79 Å². The molecule has 2 N–H and O–H groups in total. The maximum atomic E-state index is 12.0. The van der Waals surface area contributed by atoms with E-state index in [1.165, 1.54) is 25.3 Å². The van der Waals surface area contributed by atoms with Crippen molar-refractivity contribution in [2.24, 2.45) is 0 Å². The summed E-state index contributed by atoms with van der Waals surface area (Å²) >= 11 is 1.12. The summed E-state index contributed by atoms with van der Waals surface area (Å²) in [6.07, 6.45) is 8.93. The molecule has 6 nitrogen and oxygen atoms in total. The van der Waals surface area contributed by atoms with E-state index in [9.17, 15) is 14.7 Å². The molecule has 162 valence electrons. The van der Waals surface area contributed by atoms with Gasteiger partial charge in [-0.2, -0.15) is 0 Å². The monoisotopic (exact) mass is 415 g/mol. The molecule has 1 amide bonds. The second-order valence-corrected chi connectivity index (χ2v) is 8.48. The van der Waals surface area contributed by atoms with Gasteiger partial charge in [-0.3, -0.25) is 4.79 Å². The number of ether oxygens (including phenoxy) is 2. The Hall–Kier alpha value is -1.05. The van der Waals surface area contributed by atoms with Crippen molar-refractivity contribution < 1.29 is 24.2 Å². The van der Waals surface area contributed by atoms with Gasteiger partial charge in [0.15, 0.2) is 5.79 Å². The first kappa shape index (κ1) is 25.0. The van der Waals surface area contributed by atoms with E-state index in [0.717, 1.165) is 36.6 Å². The predicted molar refractivity (Wildman–Crippen MR) is 113 cm³/mol. The molecule has 2 aliphatic rings. The Morgan fingerprint density at radius 1 is 1.32 bits per heavy atom. The summed E-state index contributed by atoms with van der Waals surface area (Å²) in [6, 6.07) is -0.469. The third-order valence-electron chi connectivity index (χ3n) is 4.81. The molecule has 0 aromatic rings. The number of hydrogen-bond acceptors (Lipinski definition) is 6. The lowest BCUT2D eigenvalue weighted by molar-refractivity contribution is -0.256. The number of amides is 1. The lowest BCUT2D eigenvalue weighted by atomic mass is 9.96. The number of aliphatic hydroxyl groups is 1. The zero-order valence-corrected chi connectivity index (χ0v) is 18.6. The van der Waals surface area contributed by atoms with Crippen LogP contribution in [0.2, 0.25) is 0 Å². The van der Waals surface area contributed by atoms with Crippen LogP contribution in [-0.4, -0.2) is 46.6 Å². The van der Waals surface area contributed by atoms with Crippen LogP contribution in [0.3, 0.4) is 0 Å². The average Bonchev–Trinajstić information content (AvgIpc) is 3.08. The van der Waals surface area contributed by atoms with Crippen molar-refractivity contribution in [3.05, 3.63) is 11.6 Å². The highest BCUT2D eigenvalue weighted by Gasteiger charge is 2.46. The van der Waals surface area contributed by atoms with Gasteiger partial charge in [0, 0.05) is 24.7 Å². The van der Waals surface area contributed by atoms with Crippen LogP contribution in [0.25, 0.3) is 0 Å². The molecular weight excluding hydrogens is 378 g/mol. The van der Waals surface area contributed by atoms with Crippen LogP contribution in [-0.2, 0) is 14.3 Å². The molecule has 3 unspecified atom stereocenters. The summed E-state index contributed by atoms with van der Waals surface area (Å²) < 4.78 is 10.9. The minimum atomic E-state index is -1.47. The topological polar surface area (TPSA) is 84.9 Å². The third kappa shape index (κ3) is 8.97. The molecule has 0 aliphatic carbocycles. The number of rotatable bonds is 8. The molecule has 2 heterocycles. The summed E-state index contributed by atoms with van der Waals surface area (Å²) in [5.41, 5.74) is 0.999. The normalized spacial score (nSPS) is 27.6. The van der Waals surface area contributed by atoms with Crippen molar-refractivity contribution in [2.45, 2.75) is 97.0 Å². The van der Waals surface area contributed by atoms with Crippen molar-refractivity contribution in [2.75, 3.05) is 12.4 Å². The first-order valence-electron chi connectivity index (χ1n) is 10.5. The Morgan fingerprint density at radius 2 is 2.00 bits per heavy atom. The zero-order chi connectivity index (χ0) is 21.0. The highest BCUT2D eigenvalue weighted by Crippen LogP contribution is 2.32. The van der Waals surface area contributed by atoms with Crippen LogP contribution in [0.5, 0.6) is 0 Å². The van der Waals surface area contributed by atoms with E-state index in [4.69, 9.17) is 9.47 Å². The van der Waals surface area contributed by atoms with Crippen molar-refractivity contribution in [3.63, 3.8) is 0 Å². The Labute approximate surface area is 173 Å². The van der Waals surface area contributed by atoms with Gasteiger partial charge in [0.25, 0.3) is 5.24 Å². The summed E-state index contributed by atoms with van der Waals surface area (Å²) in [5.74, 6) is -1.40. The van der Waals surface area contributed by atoms with Crippen LogP contribution < -0.4 is 5.32 Å².